The van der Waals surface area contributed by atoms with Crippen molar-refractivity contribution >= 4 is 43.7 Å². The second-order valence-electron chi connectivity index (χ2n) is 11.6. The van der Waals surface area contributed by atoms with Crippen LogP contribution in [-0.4, -0.2) is 9.55 Å². The van der Waals surface area contributed by atoms with Gasteiger partial charge in [0.05, 0.1) is 11.0 Å². The molecule has 44 heavy (non-hydrogen) atoms. The Bertz CT molecular complexity index is 2590. The molecule has 0 spiro atoms. The molecule has 3 heteroatoms. The predicted molar refractivity (Wildman–Crippen MR) is 181 cm³/mol. The molecule has 0 N–H and O–H groups in total. The number of benzene rings is 7. The van der Waals surface area contributed by atoms with Crippen LogP contribution in [0.2, 0.25) is 0 Å². The molecule has 0 saturated heterocycles. The number of imidazole rings is 1. The first kappa shape index (κ1) is 23.6. The maximum atomic E-state index is 6.65. The average Bonchev–Trinajstić information content (AvgIpc) is 3.76. The molecule has 0 radical (unpaired) electrons. The molecule has 0 bridgehead atoms. The van der Waals surface area contributed by atoms with E-state index >= 15 is 0 Å². The van der Waals surface area contributed by atoms with Crippen LogP contribution >= 0.6 is 0 Å². The molecule has 0 saturated carbocycles. The van der Waals surface area contributed by atoms with Crippen molar-refractivity contribution in [1.82, 2.24) is 9.55 Å². The number of nitrogens with zero attached hydrogens (tertiary/aromatic N) is 2. The van der Waals surface area contributed by atoms with Gasteiger partial charge in [0, 0.05) is 32.8 Å². The van der Waals surface area contributed by atoms with Crippen molar-refractivity contribution in [2.24, 2.45) is 0 Å². The van der Waals surface area contributed by atoms with Crippen molar-refractivity contribution in [1.29, 1.82) is 0 Å². The summed E-state index contributed by atoms with van der Waals surface area (Å²) in [5.41, 5.74) is 13.6. The third-order valence-electron chi connectivity index (χ3n) is 9.15. The van der Waals surface area contributed by atoms with E-state index in [1.54, 1.807) is 0 Å². The predicted octanol–water partition coefficient (Wildman–Crippen LogP) is 11.1. The molecule has 3 nitrogen and oxygen atoms in total. The number of hydrogen-bond donors (Lipinski definition) is 0. The molecule has 2 heterocycles. The normalized spacial score (nSPS) is 12.1. The Morgan fingerprint density at radius 1 is 0.477 bits per heavy atom. The van der Waals surface area contributed by atoms with E-state index in [4.69, 9.17) is 9.40 Å². The molecule has 0 atom stereocenters. The van der Waals surface area contributed by atoms with Crippen molar-refractivity contribution in [2.45, 2.75) is 0 Å². The fourth-order valence-electron chi connectivity index (χ4n) is 7.15. The van der Waals surface area contributed by atoms with Gasteiger partial charge in [-0.1, -0.05) is 103 Å². The fraction of sp³-hybridized carbons (Fsp3) is 0. The molecule has 0 aliphatic heterocycles. The standard InChI is InChI=1S/C41H24N2O/c1-2-9-26(10-3-1)41-42-36-15-6-7-16-37(36)43(41)28-20-17-25(18-21-28)27-19-22-31-35-24-34-30-12-5-4-11-29(30)32-13-8-14-33(39(32)34)40(35)44-38(31)23-27/h1-24H. The zero-order valence-corrected chi connectivity index (χ0v) is 23.7. The summed E-state index contributed by atoms with van der Waals surface area (Å²) in [7, 11) is 0. The van der Waals surface area contributed by atoms with Crippen LogP contribution in [-0.2, 0) is 0 Å². The Labute approximate surface area is 253 Å². The van der Waals surface area contributed by atoms with Crippen molar-refractivity contribution in [3.05, 3.63) is 146 Å². The highest BCUT2D eigenvalue weighted by Gasteiger charge is 2.24. The minimum Gasteiger partial charge on any atom is -0.455 e. The summed E-state index contributed by atoms with van der Waals surface area (Å²) in [5.74, 6) is 0.939. The van der Waals surface area contributed by atoms with E-state index in [1.165, 1.54) is 38.4 Å². The third-order valence-corrected chi connectivity index (χ3v) is 9.15. The lowest BCUT2D eigenvalue weighted by molar-refractivity contribution is 0.673. The van der Waals surface area contributed by atoms with Crippen LogP contribution in [0.4, 0.5) is 0 Å². The van der Waals surface area contributed by atoms with E-state index in [0.717, 1.165) is 55.8 Å². The van der Waals surface area contributed by atoms with E-state index in [-0.39, 0.29) is 0 Å². The van der Waals surface area contributed by atoms with Crippen molar-refractivity contribution in [3.8, 4) is 50.5 Å². The topological polar surface area (TPSA) is 31.0 Å². The Morgan fingerprint density at radius 2 is 1.20 bits per heavy atom. The van der Waals surface area contributed by atoms with Gasteiger partial charge in [0.15, 0.2) is 0 Å². The SMILES string of the molecule is c1ccc(-c2nc3ccccc3n2-c2ccc(-c3ccc4c(c3)oc3c5cccc6c5c(cc43)-c3ccccc3-6)cc2)cc1. The lowest BCUT2D eigenvalue weighted by atomic mass is 9.98. The van der Waals surface area contributed by atoms with Gasteiger partial charge in [0.2, 0.25) is 0 Å². The van der Waals surface area contributed by atoms with Crippen molar-refractivity contribution < 1.29 is 4.42 Å². The highest BCUT2D eigenvalue weighted by Crippen LogP contribution is 2.50. The molecule has 0 unspecified atom stereocenters. The second kappa shape index (κ2) is 8.79. The Hall–Kier alpha value is -5.93. The number of para-hydroxylation sites is 2. The van der Waals surface area contributed by atoms with Gasteiger partial charge < -0.3 is 4.42 Å². The molecule has 1 aliphatic carbocycles. The van der Waals surface area contributed by atoms with Gasteiger partial charge in [-0.05, 0) is 75.8 Å². The molecule has 1 aliphatic rings. The summed E-state index contributed by atoms with van der Waals surface area (Å²) >= 11 is 0. The quantitative estimate of drug-likeness (QED) is 0.215. The van der Waals surface area contributed by atoms with Crippen LogP contribution < -0.4 is 0 Å². The minimum atomic E-state index is 0.909. The van der Waals surface area contributed by atoms with Gasteiger partial charge in [-0.3, -0.25) is 4.57 Å². The van der Waals surface area contributed by atoms with Crippen LogP contribution in [0.3, 0.4) is 0 Å². The summed E-state index contributed by atoms with van der Waals surface area (Å²) < 4.78 is 8.89. The smallest absolute Gasteiger partial charge is 0.145 e. The van der Waals surface area contributed by atoms with E-state index in [0.29, 0.717) is 0 Å². The van der Waals surface area contributed by atoms with Gasteiger partial charge in [0.25, 0.3) is 0 Å². The molecule has 10 rings (SSSR count). The molecule has 9 aromatic rings. The Morgan fingerprint density at radius 3 is 2.07 bits per heavy atom. The van der Waals surface area contributed by atoms with Crippen LogP contribution in [0.15, 0.2) is 150 Å². The molecule has 204 valence electrons. The number of furan rings is 1. The second-order valence-corrected chi connectivity index (χ2v) is 11.6. The Kier molecular flexibility index (Phi) is 4.72. The van der Waals surface area contributed by atoms with Gasteiger partial charge in [-0.2, -0.15) is 0 Å². The first-order valence-electron chi connectivity index (χ1n) is 15.0. The number of aromatic nitrogens is 2. The fourth-order valence-corrected chi connectivity index (χ4v) is 7.15. The Balaban J connectivity index is 1.10. The maximum absolute atomic E-state index is 6.65. The summed E-state index contributed by atoms with van der Waals surface area (Å²) in [6.45, 7) is 0. The van der Waals surface area contributed by atoms with Crippen LogP contribution in [0.25, 0.3) is 94.2 Å². The summed E-state index contributed by atoms with van der Waals surface area (Å²) in [6.07, 6.45) is 0. The van der Waals surface area contributed by atoms with Gasteiger partial charge in [-0.15, -0.1) is 0 Å². The lowest BCUT2D eigenvalue weighted by Crippen LogP contribution is -1.97. The van der Waals surface area contributed by atoms with E-state index < -0.39 is 0 Å². The molecule has 0 fully saturated rings. The number of fused-ring (bicyclic) bond motifs is 8. The van der Waals surface area contributed by atoms with Gasteiger partial charge >= 0.3 is 0 Å². The highest BCUT2D eigenvalue weighted by atomic mass is 16.3. The lowest BCUT2D eigenvalue weighted by Gasteiger charge is -2.11. The first-order valence-corrected chi connectivity index (χ1v) is 15.0. The van der Waals surface area contributed by atoms with E-state index in [1.807, 2.05) is 12.1 Å². The average molecular weight is 561 g/mol. The zero-order valence-electron chi connectivity index (χ0n) is 23.7. The largest absolute Gasteiger partial charge is 0.455 e. The molecular formula is C41H24N2O. The molecule has 7 aromatic carbocycles. The van der Waals surface area contributed by atoms with Gasteiger partial charge in [-0.25, -0.2) is 4.98 Å². The molecule has 0 amide bonds. The summed E-state index contributed by atoms with van der Waals surface area (Å²) in [6, 6.07) is 51.7. The number of rotatable bonds is 3. The highest BCUT2D eigenvalue weighted by molar-refractivity contribution is 6.25. The minimum absolute atomic E-state index is 0.909. The summed E-state index contributed by atoms with van der Waals surface area (Å²) in [5, 5.41) is 4.78. The van der Waals surface area contributed by atoms with Crippen molar-refractivity contribution in [2.75, 3.05) is 0 Å². The monoisotopic (exact) mass is 560 g/mol. The van der Waals surface area contributed by atoms with Crippen molar-refractivity contribution in [3.63, 3.8) is 0 Å². The van der Waals surface area contributed by atoms with Crippen LogP contribution in [0.5, 0.6) is 0 Å². The van der Waals surface area contributed by atoms with E-state index in [2.05, 4.69) is 138 Å². The first-order chi connectivity index (χ1) is 21.8. The molecule has 2 aromatic heterocycles. The van der Waals surface area contributed by atoms with Gasteiger partial charge in [0.1, 0.15) is 17.0 Å². The zero-order chi connectivity index (χ0) is 28.8. The number of hydrogen-bond acceptors (Lipinski definition) is 2. The van der Waals surface area contributed by atoms with E-state index in [9.17, 15) is 0 Å². The van der Waals surface area contributed by atoms with Crippen LogP contribution in [0.1, 0.15) is 0 Å². The maximum Gasteiger partial charge on any atom is 0.145 e. The molecular weight excluding hydrogens is 536 g/mol. The third kappa shape index (κ3) is 3.24. The van der Waals surface area contributed by atoms with Crippen LogP contribution in [0, 0.1) is 0 Å². The summed E-state index contributed by atoms with van der Waals surface area (Å²) in [4.78, 5) is 5.00.